The van der Waals surface area contributed by atoms with E-state index in [1.807, 2.05) is 13.0 Å². The highest BCUT2D eigenvalue weighted by Crippen LogP contribution is 2.23. The topological polar surface area (TPSA) is 82.2 Å². The molecule has 1 atom stereocenters. The van der Waals surface area contributed by atoms with Crippen LogP contribution in [0.1, 0.15) is 12.5 Å². The van der Waals surface area contributed by atoms with Gasteiger partial charge in [-0.05, 0) is 12.5 Å². The molecule has 0 aliphatic carbocycles. The molecule has 1 fully saturated rings. The maximum absolute atomic E-state index is 10.8. The fourth-order valence-electron chi connectivity index (χ4n) is 2.56. The summed E-state index contributed by atoms with van der Waals surface area (Å²) < 4.78 is 0. The van der Waals surface area contributed by atoms with Gasteiger partial charge in [-0.2, -0.15) is 5.26 Å². The van der Waals surface area contributed by atoms with Crippen molar-refractivity contribution in [1.29, 1.82) is 5.26 Å². The Morgan fingerprint density at radius 2 is 2.20 bits per heavy atom. The Kier molecular flexibility index (Phi) is 4.32. The number of hydrogen-bond donors (Lipinski definition) is 1. The lowest BCUT2D eigenvalue weighted by Gasteiger charge is -2.38. The van der Waals surface area contributed by atoms with Gasteiger partial charge in [0, 0.05) is 44.7 Å². The number of benzene rings is 1. The summed E-state index contributed by atoms with van der Waals surface area (Å²) >= 11 is 0. The van der Waals surface area contributed by atoms with E-state index in [4.69, 9.17) is 0 Å². The summed E-state index contributed by atoms with van der Waals surface area (Å²) in [7, 11) is 0. The second-order valence-corrected chi connectivity index (χ2v) is 5.23. The zero-order chi connectivity index (χ0) is 14.6. The van der Waals surface area contributed by atoms with Gasteiger partial charge in [-0.25, -0.2) is 0 Å². The monoisotopic (exact) mass is 274 g/mol. The predicted octanol–water partition coefficient (Wildman–Crippen LogP) is 1.32. The molecule has 6 heteroatoms. The predicted molar refractivity (Wildman–Crippen MR) is 75.3 cm³/mol. The van der Waals surface area contributed by atoms with Crippen LogP contribution in [0.25, 0.3) is 0 Å². The molecule has 1 aromatic carbocycles. The molecule has 0 amide bonds. The molecule has 1 aliphatic rings. The number of piperazine rings is 1. The Bertz CT molecular complexity index is 534. The van der Waals surface area contributed by atoms with E-state index in [2.05, 4.69) is 16.3 Å². The van der Waals surface area contributed by atoms with E-state index >= 15 is 0 Å². The van der Waals surface area contributed by atoms with Crippen LogP contribution in [0.2, 0.25) is 0 Å². The molecule has 1 aliphatic heterocycles. The molecule has 0 bridgehead atoms. The lowest BCUT2D eigenvalue weighted by Crippen LogP contribution is -2.55. The molecule has 0 spiro atoms. The van der Waals surface area contributed by atoms with Gasteiger partial charge in [0.1, 0.15) is 5.54 Å². The highest BCUT2D eigenvalue weighted by Gasteiger charge is 2.33. The van der Waals surface area contributed by atoms with Crippen LogP contribution in [0, 0.1) is 21.4 Å². The van der Waals surface area contributed by atoms with Gasteiger partial charge in [0.15, 0.2) is 0 Å². The fraction of sp³-hybridized carbons (Fsp3) is 0.500. The Morgan fingerprint density at radius 3 is 2.80 bits per heavy atom. The van der Waals surface area contributed by atoms with Crippen molar-refractivity contribution in [3.05, 3.63) is 39.9 Å². The average Bonchev–Trinajstić information content (AvgIpc) is 2.48. The highest BCUT2D eigenvalue weighted by atomic mass is 16.6. The van der Waals surface area contributed by atoms with Crippen LogP contribution < -0.4 is 5.32 Å². The molecule has 0 saturated carbocycles. The number of nitro groups is 1. The van der Waals surface area contributed by atoms with E-state index in [1.54, 1.807) is 12.1 Å². The maximum atomic E-state index is 10.8. The summed E-state index contributed by atoms with van der Waals surface area (Å²) in [6.45, 7) is 5.27. The third-order valence-corrected chi connectivity index (χ3v) is 3.73. The molecule has 0 aromatic heterocycles. The zero-order valence-electron chi connectivity index (χ0n) is 11.5. The number of rotatable bonds is 4. The first-order valence-electron chi connectivity index (χ1n) is 6.65. The first-order chi connectivity index (χ1) is 9.55. The minimum absolute atomic E-state index is 0.0723. The zero-order valence-corrected chi connectivity index (χ0v) is 11.5. The largest absolute Gasteiger partial charge is 0.314 e. The third kappa shape index (κ3) is 3.13. The second kappa shape index (κ2) is 5.99. The number of nitrogens with one attached hydrogen (secondary N) is 1. The van der Waals surface area contributed by atoms with E-state index < -0.39 is 10.5 Å². The quantitative estimate of drug-likeness (QED) is 0.661. The van der Waals surface area contributed by atoms with Crippen LogP contribution in [-0.4, -0.2) is 41.5 Å². The summed E-state index contributed by atoms with van der Waals surface area (Å²) in [5.41, 5.74) is 0.266. The molecule has 6 nitrogen and oxygen atoms in total. The summed E-state index contributed by atoms with van der Waals surface area (Å²) in [5, 5.41) is 23.6. The van der Waals surface area contributed by atoms with Crippen LogP contribution in [0.3, 0.4) is 0 Å². The second-order valence-electron chi connectivity index (χ2n) is 5.23. The van der Waals surface area contributed by atoms with Crippen molar-refractivity contribution >= 4 is 5.69 Å². The van der Waals surface area contributed by atoms with E-state index in [-0.39, 0.29) is 5.69 Å². The van der Waals surface area contributed by atoms with Gasteiger partial charge in [0.2, 0.25) is 0 Å². The normalized spacial score (nSPS) is 19.0. The SMILES string of the molecule is CC(C#N)(Cc1cccc([N+](=O)[O-])c1)N1CCNCC1. The maximum Gasteiger partial charge on any atom is 0.269 e. The summed E-state index contributed by atoms with van der Waals surface area (Å²) in [6.07, 6.45) is 0.491. The van der Waals surface area contributed by atoms with Gasteiger partial charge in [0.05, 0.1) is 11.0 Å². The average molecular weight is 274 g/mol. The highest BCUT2D eigenvalue weighted by molar-refractivity contribution is 5.36. The van der Waals surface area contributed by atoms with Crippen molar-refractivity contribution in [2.24, 2.45) is 0 Å². The molecule has 1 heterocycles. The molecule has 1 saturated heterocycles. The molecule has 2 rings (SSSR count). The van der Waals surface area contributed by atoms with Crippen molar-refractivity contribution in [2.45, 2.75) is 18.9 Å². The molecular weight excluding hydrogens is 256 g/mol. The first-order valence-corrected chi connectivity index (χ1v) is 6.65. The fourth-order valence-corrected chi connectivity index (χ4v) is 2.56. The number of nitrogens with zero attached hydrogens (tertiary/aromatic N) is 3. The Labute approximate surface area is 118 Å². The lowest BCUT2D eigenvalue weighted by molar-refractivity contribution is -0.384. The first kappa shape index (κ1) is 14.4. The van der Waals surface area contributed by atoms with Crippen LogP contribution in [0.15, 0.2) is 24.3 Å². The van der Waals surface area contributed by atoms with Crippen molar-refractivity contribution in [3.8, 4) is 6.07 Å². The van der Waals surface area contributed by atoms with Crippen LogP contribution >= 0.6 is 0 Å². The van der Waals surface area contributed by atoms with E-state index in [0.29, 0.717) is 6.42 Å². The molecule has 1 aromatic rings. The Hall–Kier alpha value is -1.97. The molecule has 106 valence electrons. The smallest absolute Gasteiger partial charge is 0.269 e. The molecule has 0 radical (unpaired) electrons. The van der Waals surface area contributed by atoms with Crippen LogP contribution in [0.5, 0.6) is 0 Å². The van der Waals surface area contributed by atoms with Crippen LogP contribution in [-0.2, 0) is 6.42 Å². The van der Waals surface area contributed by atoms with Crippen molar-refractivity contribution < 1.29 is 4.92 Å². The van der Waals surface area contributed by atoms with Crippen molar-refractivity contribution in [1.82, 2.24) is 10.2 Å². The molecular formula is C14H18N4O2. The molecule has 1 unspecified atom stereocenters. The minimum atomic E-state index is -0.628. The molecule has 20 heavy (non-hydrogen) atoms. The standard InChI is InChI=1S/C14H18N4O2/c1-14(11-15,17-7-5-16-6-8-17)10-12-3-2-4-13(9-12)18(19)20/h2-4,9,16H,5-8,10H2,1H3. The minimum Gasteiger partial charge on any atom is -0.314 e. The summed E-state index contributed by atoms with van der Waals surface area (Å²) in [5.74, 6) is 0. The number of non-ortho nitro benzene ring substituents is 1. The summed E-state index contributed by atoms with van der Waals surface area (Å²) in [4.78, 5) is 12.5. The van der Waals surface area contributed by atoms with Gasteiger partial charge in [-0.15, -0.1) is 0 Å². The van der Waals surface area contributed by atoms with Crippen molar-refractivity contribution in [3.63, 3.8) is 0 Å². The number of hydrogen-bond acceptors (Lipinski definition) is 5. The van der Waals surface area contributed by atoms with Gasteiger partial charge in [0.25, 0.3) is 5.69 Å². The Morgan fingerprint density at radius 1 is 1.50 bits per heavy atom. The Balaban J connectivity index is 2.19. The summed E-state index contributed by atoms with van der Waals surface area (Å²) in [6, 6.07) is 8.90. The number of nitro benzene ring substituents is 1. The lowest BCUT2D eigenvalue weighted by atomic mass is 9.91. The van der Waals surface area contributed by atoms with E-state index in [9.17, 15) is 15.4 Å². The van der Waals surface area contributed by atoms with Gasteiger partial charge in [-0.1, -0.05) is 12.1 Å². The van der Waals surface area contributed by atoms with E-state index in [1.165, 1.54) is 6.07 Å². The van der Waals surface area contributed by atoms with Gasteiger partial charge in [-0.3, -0.25) is 15.0 Å². The van der Waals surface area contributed by atoms with Crippen LogP contribution in [0.4, 0.5) is 5.69 Å². The van der Waals surface area contributed by atoms with Gasteiger partial charge >= 0.3 is 0 Å². The van der Waals surface area contributed by atoms with E-state index in [0.717, 1.165) is 31.7 Å². The molecule has 1 N–H and O–H groups in total. The number of nitriles is 1. The third-order valence-electron chi connectivity index (χ3n) is 3.73. The van der Waals surface area contributed by atoms with Crippen molar-refractivity contribution in [2.75, 3.05) is 26.2 Å². The van der Waals surface area contributed by atoms with Gasteiger partial charge < -0.3 is 5.32 Å².